The van der Waals surface area contributed by atoms with E-state index in [0.717, 1.165) is 12.1 Å². The van der Waals surface area contributed by atoms with Gasteiger partial charge in [-0.15, -0.1) is 0 Å². The molecular formula is C15H13Cl2F2NO. The van der Waals surface area contributed by atoms with Gasteiger partial charge in [-0.2, -0.15) is 0 Å². The second-order valence-electron chi connectivity index (χ2n) is 4.57. The van der Waals surface area contributed by atoms with Crippen molar-refractivity contribution in [2.24, 2.45) is 5.73 Å². The summed E-state index contributed by atoms with van der Waals surface area (Å²) in [7, 11) is 1.48. The van der Waals surface area contributed by atoms with Gasteiger partial charge < -0.3 is 10.5 Å². The van der Waals surface area contributed by atoms with Crippen LogP contribution in [0, 0.1) is 11.6 Å². The fourth-order valence-electron chi connectivity index (χ4n) is 2.02. The Morgan fingerprint density at radius 1 is 1.10 bits per heavy atom. The molecule has 0 aliphatic rings. The topological polar surface area (TPSA) is 35.2 Å². The molecule has 2 aromatic rings. The molecule has 0 saturated carbocycles. The van der Waals surface area contributed by atoms with Crippen LogP contribution in [0.1, 0.15) is 17.2 Å². The number of hydrogen-bond acceptors (Lipinski definition) is 2. The molecule has 1 atom stereocenters. The number of benzene rings is 2. The molecule has 2 rings (SSSR count). The Balaban J connectivity index is 2.25. The third-order valence-corrected chi connectivity index (χ3v) is 3.73. The molecule has 0 aliphatic carbocycles. The Hall–Kier alpha value is -1.36. The van der Waals surface area contributed by atoms with Gasteiger partial charge in [0.25, 0.3) is 0 Å². The number of halogens is 4. The highest BCUT2D eigenvalue weighted by molar-refractivity contribution is 6.34. The SMILES string of the molecule is COc1cc(Cl)c(C(N)Cc2ccc(F)c(F)c2)cc1Cl. The van der Waals surface area contributed by atoms with E-state index in [0.29, 0.717) is 33.3 Å². The van der Waals surface area contributed by atoms with Crippen molar-refractivity contribution < 1.29 is 13.5 Å². The summed E-state index contributed by atoms with van der Waals surface area (Å²) in [5.74, 6) is -1.35. The number of methoxy groups -OCH3 is 1. The number of nitrogens with two attached hydrogens (primary N) is 1. The van der Waals surface area contributed by atoms with Crippen molar-refractivity contribution in [2.45, 2.75) is 12.5 Å². The van der Waals surface area contributed by atoms with Crippen molar-refractivity contribution in [3.05, 3.63) is 63.1 Å². The number of rotatable bonds is 4. The molecule has 2 nitrogen and oxygen atoms in total. The summed E-state index contributed by atoms with van der Waals surface area (Å²) in [6, 6.07) is 6.37. The summed E-state index contributed by atoms with van der Waals surface area (Å²) in [5.41, 5.74) is 7.27. The zero-order chi connectivity index (χ0) is 15.6. The molecule has 0 bridgehead atoms. The third-order valence-electron chi connectivity index (χ3n) is 3.11. The Kier molecular flexibility index (Phi) is 5.04. The lowest BCUT2D eigenvalue weighted by molar-refractivity contribution is 0.415. The molecule has 0 fully saturated rings. The van der Waals surface area contributed by atoms with Crippen LogP contribution in [-0.4, -0.2) is 7.11 Å². The van der Waals surface area contributed by atoms with E-state index < -0.39 is 17.7 Å². The molecule has 1 unspecified atom stereocenters. The van der Waals surface area contributed by atoms with Gasteiger partial charge in [0.15, 0.2) is 11.6 Å². The van der Waals surface area contributed by atoms with Gasteiger partial charge in [0.1, 0.15) is 5.75 Å². The average molecular weight is 332 g/mol. The Morgan fingerprint density at radius 2 is 1.81 bits per heavy atom. The lowest BCUT2D eigenvalue weighted by atomic mass is 9.99. The number of ether oxygens (including phenoxy) is 1. The van der Waals surface area contributed by atoms with Crippen LogP contribution in [0.25, 0.3) is 0 Å². The van der Waals surface area contributed by atoms with Crippen molar-refractivity contribution in [2.75, 3.05) is 7.11 Å². The van der Waals surface area contributed by atoms with Gasteiger partial charge in [-0.25, -0.2) is 8.78 Å². The van der Waals surface area contributed by atoms with E-state index >= 15 is 0 Å². The molecule has 2 N–H and O–H groups in total. The van der Waals surface area contributed by atoms with E-state index in [9.17, 15) is 8.78 Å². The van der Waals surface area contributed by atoms with E-state index in [-0.39, 0.29) is 0 Å². The number of hydrogen-bond donors (Lipinski definition) is 1. The molecule has 0 aromatic heterocycles. The summed E-state index contributed by atoms with van der Waals surface area (Å²) in [6.45, 7) is 0. The summed E-state index contributed by atoms with van der Waals surface area (Å²) in [6.07, 6.45) is 0.305. The van der Waals surface area contributed by atoms with Crippen LogP contribution in [0.15, 0.2) is 30.3 Å². The molecular weight excluding hydrogens is 319 g/mol. The van der Waals surface area contributed by atoms with Gasteiger partial charge in [0, 0.05) is 17.1 Å². The van der Waals surface area contributed by atoms with Crippen LogP contribution in [0.2, 0.25) is 10.0 Å². The smallest absolute Gasteiger partial charge is 0.159 e. The summed E-state index contributed by atoms with van der Waals surface area (Å²) >= 11 is 12.2. The molecule has 2 aromatic carbocycles. The fourth-order valence-corrected chi connectivity index (χ4v) is 2.56. The van der Waals surface area contributed by atoms with Crippen molar-refractivity contribution in [3.63, 3.8) is 0 Å². The van der Waals surface area contributed by atoms with Crippen LogP contribution in [0.3, 0.4) is 0 Å². The quantitative estimate of drug-likeness (QED) is 0.893. The van der Waals surface area contributed by atoms with Gasteiger partial charge in [-0.05, 0) is 35.7 Å². The molecule has 112 valence electrons. The molecule has 0 amide bonds. The molecule has 0 radical (unpaired) electrons. The molecule has 6 heteroatoms. The highest BCUT2D eigenvalue weighted by Gasteiger charge is 2.15. The molecule has 0 saturated heterocycles. The highest BCUT2D eigenvalue weighted by Crippen LogP contribution is 2.34. The predicted molar refractivity (Wildman–Crippen MR) is 80.0 cm³/mol. The van der Waals surface area contributed by atoms with Crippen molar-refractivity contribution in [3.8, 4) is 5.75 Å². The zero-order valence-corrected chi connectivity index (χ0v) is 12.7. The van der Waals surface area contributed by atoms with Crippen LogP contribution in [0.5, 0.6) is 5.75 Å². The van der Waals surface area contributed by atoms with Gasteiger partial charge in [0.05, 0.1) is 12.1 Å². The average Bonchev–Trinajstić information content (AvgIpc) is 2.44. The van der Waals surface area contributed by atoms with Crippen LogP contribution in [-0.2, 0) is 6.42 Å². The second-order valence-corrected chi connectivity index (χ2v) is 5.38. The van der Waals surface area contributed by atoms with E-state index in [4.69, 9.17) is 33.7 Å². The minimum absolute atomic E-state index is 0.305. The molecule has 0 aliphatic heterocycles. The van der Waals surface area contributed by atoms with Crippen LogP contribution in [0.4, 0.5) is 8.78 Å². The second kappa shape index (κ2) is 6.60. The summed E-state index contributed by atoms with van der Waals surface area (Å²) < 4.78 is 31.2. The minimum Gasteiger partial charge on any atom is -0.495 e. The maximum atomic E-state index is 13.2. The summed E-state index contributed by atoms with van der Waals surface area (Å²) in [5, 5.41) is 0.795. The van der Waals surface area contributed by atoms with E-state index in [1.165, 1.54) is 13.2 Å². The van der Waals surface area contributed by atoms with Gasteiger partial charge in [-0.1, -0.05) is 29.3 Å². The first-order chi connectivity index (χ1) is 9.92. The zero-order valence-electron chi connectivity index (χ0n) is 11.2. The van der Waals surface area contributed by atoms with Crippen molar-refractivity contribution in [1.29, 1.82) is 0 Å². The van der Waals surface area contributed by atoms with Crippen molar-refractivity contribution >= 4 is 23.2 Å². The lowest BCUT2D eigenvalue weighted by Crippen LogP contribution is -2.14. The monoisotopic (exact) mass is 331 g/mol. The van der Waals surface area contributed by atoms with Gasteiger partial charge >= 0.3 is 0 Å². The van der Waals surface area contributed by atoms with E-state index in [1.807, 2.05) is 0 Å². The van der Waals surface area contributed by atoms with Gasteiger partial charge in [-0.3, -0.25) is 0 Å². The first-order valence-corrected chi connectivity index (χ1v) is 6.90. The van der Waals surface area contributed by atoms with Crippen molar-refractivity contribution in [1.82, 2.24) is 0 Å². The largest absolute Gasteiger partial charge is 0.495 e. The van der Waals surface area contributed by atoms with Crippen LogP contribution < -0.4 is 10.5 Å². The predicted octanol–water partition coefficient (Wildman–Crippen LogP) is 4.52. The molecule has 0 spiro atoms. The highest BCUT2D eigenvalue weighted by atomic mass is 35.5. The lowest BCUT2D eigenvalue weighted by Gasteiger charge is -2.16. The Morgan fingerprint density at radius 3 is 2.43 bits per heavy atom. The normalized spacial score (nSPS) is 12.3. The Bertz CT molecular complexity index is 664. The van der Waals surface area contributed by atoms with E-state index in [1.54, 1.807) is 12.1 Å². The fraction of sp³-hybridized carbons (Fsp3) is 0.200. The third kappa shape index (κ3) is 3.64. The molecule has 0 heterocycles. The minimum atomic E-state index is -0.904. The molecule has 21 heavy (non-hydrogen) atoms. The standard InChI is InChI=1S/C15H13Cl2F2NO/c1-21-15-7-10(16)9(6-11(15)17)14(20)5-8-2-3-12(18)13(19)4-8/h2-4,6-7,14H,5,20H2,1H3. The first kappa shape index (κ1) is 16.0. The first-order valence-electron chi connectivity index (χ1n) is 6.14. The maximum absolute atomic E-state index is 13.2. The summed E-state index contributed by atoms with van der Waals surface area (Å²) in [4.78, 5) is 0. The Labute approximate surface area is 131 Å². The van der Waals surface area contributed by atoms with Gasteiger partial charge in [0.2, 0.25) is 0 Å². The maximum Gasteiger partial charge on any atom is 0.159 e. The van der Waals surface area contributed by atoms with E-state index in [2.05, 4.69) is 0 Å². The van der Waals surface area contributed by atoms with Crippen LogP contribution >= 0.6 is 23.2 Å².